The summed E-state index contributed by atoms with van der Waals surface area (Å²) < 4.78 is 9.79. The molecule has 0 bridgehead atoms. The predicted octanol–water partition coefficient (Wildman–Crippen LogP) is 3.55. The molecule has 0 aliphatic rings. The van der Waals surface area contributed by atoms with E-state index in [-0.39, 0.29) is 41.1 Å². The van der Waals surface area contributed by atoms with Crippen LogP contribution in [-0.4, -0.2) is 24.1 Å². The van der Waals surface area contributed by atoms with Crippen LogP contribution in [-0.2, 0) is 36.1 Å². The smallest absolute Gasteiger partial charge is 0.462 e. The SMILES string of the molecule is C=CC(=O)OC(C)C([CH2-])C[CH2-].C=CC(=O)OC(C)C([CH2-])C[CH2-].[Fe+4]. The molecule has 0 aromatic heterocycles. The van der Waals surface area contributed by atoms with Gasteiger partial charge in [-0.05, 0) is 13.8 Å². The molecule has 23 heavy (non-hydrogen) atoms. The van der Waals surface area contributed by atoms with Crippen LogP contribution in [0.25, 0.3) is 0 Å². The molecule has 0 amide bonds. The first-order valence-corrected chi connectivity index (χ1v) is 7.14. The van der Waals surface area contributed by atoms with Gasteiger partial charge in [-0.3, -0.25) is 0 Å². The molecule has 0 radical (unpaired) electrons. The van der Waals surface area contributed by atoms with Crippen LogP contribution in [0, 0.1) is 39.5 Å². The van der Waals surface area contributed by atoms with Crippen molar-refractivity contribution in [1.29, 1.82) is 0 Å². The third kappa shape index (κ3) is 14.3. The van der Waals surface area contributed by atoms with Crippen molar-refractivity contribution in [2.45, 2.75) is 38.9 Å². The van der Waals surface area contributed by atoms with E-state index in [1.165, 1.54) is 0 Å². The van der Waals surface area contributed by atoms with Gasteiger partial charge in [-0.1, -0.05) is 13.2 Å². The molecule has 0 aliphatic heterocycles. The van der Waals surface area contributed by atoms with Crippen LogP contribution in [0.3, 0.4) is 0 Å². The van der Waals surface area contributed by atoms with Gasteiger partial charge in [-0.25, -0.2) is 22.4 Å². The normalized spacial score (nSPS) is 14.5. The minimum absolute atomic E-state index is 0. The fourth-order valence-corrected chi connectivity index (χ4v) is 1.12. The van der Waals surface area contributed by atoms with Gasteiger partial charge in [0.05, 0.1) is 12.2 Å². The Morgan fingerprint density at radius 1 is 0.913 bits per heavy atom. The zero-order chi connectivity index (χ0) is 17.7. The number of rotatable bonds is 8. The maximum atomic E-state index is 10.7. The third-order valence-electron chi connectivity index (χ3n) is 3.01. The Kier molecular flexibility index (Phi) is 18.4. The van der Waals surface area contributed by atoms with Crippen molar-refractivity contribution in [2.24, 2.45) is 11.8 Å². The minimum Gasteiger partial charge on any atom is -0.462 e. The molecule has 0 saturated carbocycles. The van der Waals surface area contributed by atoms with E-state index in [4.69, 9.17) is 9.47 Å². The van der Waals surface area contributed by atoms with Gasteiger partial charge >= 0.3 is 29.0 Å². The van der Waals surface area contributed by atoms with Crippen LogP contribution < -0.4 is 0 Å². The molecule has 0 aromatic rings. The Labute approximate surface area is 152 Å². The van der Waals surface area contributed by atoms with Gasteiger partial charge in [-0.15, -0.1) is 0 Å². The number of carbonyl (C=O) groups excluding carboxylic acids is 2. The molecule has 4 atom stereocenters. The van der Waals surface area contributed by atoms with Gasteiger partial charge in [0.1, 0.15) is 0 Å². The van der Waals surface area contributed by atoms with Gasteiger partial charge in [0.25, 0.3) is 0 Å². The molecule has 4 unspecified atom stereocenters. The molecule has 0 fully saturated rings. The van der Waals surface area contributed by atoms with E-state index in [1.54, 1.807) is 13.8 Å². The number of hydrogen-bond donors (Lipinski definition) is 0. The van der Waals surface area contributed by atoms with Crippen molar-refractivity contribution >= 4 is 11.9 Å². The van der Waals surface area contributed by atoms with Crippen molar-refractivity contribution in [2.75, 3.05) is 0 Å². The summed E-state index contributed by atoms with van der Waals surface area (Å²) in [6, 6.07) is 0. The van der Waals surface area contributed by atoms with Crippen molar-refractivity contribution in [3.63, 3.8) is 0 Å². The molecule has 4 nitrogen and oxygen atoms in total. The molecule has 0 N–H and O–H groups in total. The monoisotopic (exact) mass is 364 g/mol. The number of ether oxygens (including phenoxy) is 2. The van der Waals surface area contributed by atoms with Crippen LogP contribution in [0.1, 0.15) is 26.7 Å². The molecular formula is C18H28FeO4. The summed E-state index contributed by atoms with van der Waals surface area (Å²) in [5, 5.41) is 0. The quantitative estimate of drug-likeness (QED) is 0.286. The van der Waals surface area contributed by atoms with Crippen LogP contribution in [0.15, 0.2) is 25.3 Å². The summed E-state index contributed by atoms with van der Waals surface area (Å²) in [5.74, 6) is -0.697. The summed E-state index contributed by atoms with van der Waals surface area (Å²) in [6.45, 7) is 25.0. The Hall–Kier alpha value is -1.06. The number of hydrogen-bond acceptors (Lipinski definition) is 4. The summed E-state index contributed by atoms with van der Waals surface area (Å²) in [5.41, 5.74) is 0. The van der Waals surface area contributed by atoms with Gasteiger partial charge < -0.3 is 37.2 Å². The molecular weight excluding hydrogens is 336 g/mol. The summed E-state index contributed by atoms with van der Waals surface area (Å²) in [4.78, 5) is 21.3. The Balaban J connectivity index is -0.000000333. The molecule has 5 heteroatoms. The van der Waals surface area contributed by atoms with Crippen LogP contribution in [0.2, 0.25) is 0 Å². The maximum Gasteiger partial charge on any atom is 4.00 e. The van der Waals surface area contributed by atoms with Crippen molar-refractivity contribution < 1.29 is 36.1 Å². The summed E-state index contributed by atoms with van der Waals surface area (Å²) in [7, 11) is 0. The number of esters is 2. The zero-order valence-electron chi connectivity index (χ0n) is 14.1. The standard InChI is InChI=1S/2C9H14O2.Fe/c2*1-5-7(3)8(4)11-9(10)6-2;/h2*6-8H,1-3,5H2,4H3;/q2*-2;+4. The molecule has 0 heterocycles. The topological polar surface area (TPSA) is 52.6 Å². The average Bonchev–Trinajstić information content (AvgIpc) is 2.52. The van der Waals surface area contributed by atoms with Crippen LogP contribution in [0.4, 0.5) is 0 Å². The average molecular weight is 364 g/mol. The van der Waals surface area contributed by atoms with Crippen molar-refractivity contribution in [3.05, 3.63) is 53.0 Å². The minimum atomic E-state index is -0.403. The predicted molar refractivity (Wildman–Crippen MR) is 89.1 cm³/mol. The Bertz CT molecular complexity index is 321. The second-order valence-electron chi connectivity index (χ2n) is 4.79. The van der Waals surface area contributed by atoms with Gasteiger partial charge in [0.15, 0.2) is 0 Å². The van der Waals surface area contributed by atoms with Crippen molar-refractivity contribution in [1.82, 2.24) is 0 Å². The largest absolute Gasteiger partial charge is 4.00 e. The molecule has 0 spiro atoms. The number of carbonyl (C=O) groups is 2. The zero-order valence-corrected chi connectivity index (χ0v) is 15.2. The van der Waals surface area contributed by atoms with Gasteiger partial charge in [0, 0.05) is 12.2 Å². The van der Waals surface area contributed by atoms with E-state index >= 15 is 0 Å². The molecule has 0 rings (SSSR count). The second kappa shape index (κ2) is 15.8. The maximum absolute atomic E-state index is 10.7. The van der Waals surface area contributed by atoms with E-state index in [2.05, 4.69) is 40.9 Å². The Morgan fingerprint density at radius 3 is 1.35 bits per heavy atom. The Morgan fingerprint density at radius 2 is 1.17 bits per heavy atom. The van der Waals surface area contributed by atoms with Gasteiger partial charge in [0.2, 0.25) is 0 Å². The first kappa shape index (κ1) is 26.8. The third-order valence-corrected chi connectivity index (χ3v) is 3.01. The fourth-order valence-electron chi connectivity index (χ4n) is 1.12. The van der Waals surface area contributed by atoms with Crippen LogP contribution in [0.5, 0.6) is 0 Å². The second-order valence-corrected chi connectivity index (χ2v) is 4.79. The van der Waals surface area contributed by atoms with E-state index in [0.29, 0.717) is 12.8 Å². The van der Waals surface area contributed by atoms with E-state index in [9.17, 15) is 9.59 Å². The summed E-state index contributed by atoms with van der Waals surface area (Å²) in [6.07, 6.45) is 3.24. The van der Waals surface area contributed by atoms with Crippen molar-refractivity contribution in [3.8, 4) is 0 Å². The first-order valence-electron chi connectivity index (χ1n) is 7.14. The van der Waals surface area contributed by atoms with Crippen LogP contribution >= 0.6 is 0 Å². The molecule has 0 aromatic carbocycles. The fraction of sp³-hybridized carbons (Fsp3) is 0.444. The molecule has 132 valence electrons. The van der Waals surface area contributed by atoms with E-state index in [0.717, 1.165) is 12.2 Å². The van der Waals surface area contributed by atoms with E-state index < -0.39 is 11.9 Å². The van der Waals surface area contributed by atoms with E-state index in [1.807, 2.05) is 0 Å². The first-order chi connectivity index (χ1) is 10.2. The molecule has 0 aliphatic carbocycles. The van der Waals surface area contributed by atoms with Gasteiger partial charge in [-0.2, -0.15) is 11.8 Å². The molecule has 0 saturated heterocycles. The summed E-state index contributed by atoms with van der Waals surface area (Å²) >= 11 is 0.